The topological polar surface area (TPSA) is 0 Å². The Hall–Kier alpha value is -1.94. The van der Waals surface area contributed by atoms with Crippen molar-refractivity contribution in [3.63, 3.8) is 0 Å². The summed E-state index contributed by atoms with van der Waals surface area (Å²) in [4.78, 5) is 0. The fraction of sp³-hybridized carbons (Fsp3) is 0. The Morgan fingerprint density at radius 2 is 0.760 bits per heavy atom. The molecule has 0 heterocycles. The molecule has 4 rings (SSSR count). The molecule has 0 aliphatic rings. The van der Waals surface area contributed by atoms with E-state index in [1.807, 2.05) is 30.3 Å². The van der Waals surface area contributed by atoms with Gasteiger partial charge in [-0.05, 0) is 23.8 Å². The van der Waals surface area contributed by atoms with Crippen LogP contribution in [0, 0.1) is 0 Å². The zero-order valence-corrected chi connectivity index (χ0v) is 16.5. The summed E-state index contributed by atoms with van der Waals surface area (Å²) in [6.45, 7) is 0. The van der Waals surface area contributed by atoms with Crippen LogP contribution in [0.25, 0.3) is 0 Å². The Morgan fingerprint density at radius 1 is 0.440 bits per heavy atom. The van der Waals surface area contributed by atoms with Crippen LogP contribution < -0.4 is 15.9 Å². The van der Waals surface area contributed by atoms with Crippen LogP contribution in [0.3, 0.4) is 0 Å². The van der Waals surface area contributed by atoms with E-state index in [0.717, 1.165) is 0 Å². The molecule has 0 saturated heterocycles. The molecule has 0 aliphatic heterocycles. The van der Waals surface area contributed by atoms with E-state index in [4.69, 9.17) is 0 Å². The van der Waals surface area contributed by atoms with Crippen molar-refractivity contribution >= 4 is 23.8 Å². The SMILES string of the molecule is [Ru+].c1cc[cH-]c1.c1ccc(P(c2ccccc2)c2ccccc2)cc1. The Bertz CT molecular complexity index is 685. The van der Waals surface area contributed by atoms with Gasteiger partial charge in [0, 0.05) is 0 Å². The molecule has 1 radical (unpaired) electrons. The van der Waals surface area contributed by atoms with Crippen LogP contribution in [0.2, 0.25) is 0 Å². The van der Waals surface area contributed by atoms with E-state index < -0.39 is 7.92 Å². The van der Waals surface area contributed by atoms with Gasteiger partial charge >= 0.3 is 19.5 Å². The van der Waals surface area contributed by atoms with E-state index in [1.165, 1.54) is 15.9 Å². The van der Waals surface area contributed by atoms with Crippen molar-refractivity contribution in [1.29, 1.82) is 0 Å². The smallest absolute Gasteiger partial charge is 0.214 e. The minimum atomic E-state index is -0.446. The minimum Gasteiger partial charge on any atom is -0.214 e. The molecule has 25 heavy (non-hydrogen) atoms. The van der Waals surface area contributed by atoms with Gasteiger partial charge in [0.25, 0.3) is 0 Å². The summed E-state index contributed by atoms with van der Waals surface area (Å²) >= 11 is 0. The summed E-state index contributed by atoms with van der Waals surface area (Å²) in [5.74, 6) is 0. The third-order valence-corrected chi connectivity index (χ3v) is 6.04. The predicted octanol–water partition coefficient (Wildman–Crippen LogP) is 4.85. The molecule has 0 amide bonds. The maximum Gasteiger partial charge on any atom is 1.00 e. The first kappa shape index (κ1) is 19.4. The van der Waals surface area contributed by atoms with Gasteiger partial charge in [-0.3, -0.25) is 0 Å². The van der Waals surface area contributed by atoms with Crippen LogP contribution in [0.1, 0.15) is 0 Å². The summed E-state index contributed by atoms with van der Waals surface area (Å²) in [6.07, 6.45) is 0. The molecule has 0 saturated carbocycles. The number of benzene rings is 3. The van der Waals surface area contributed by atoms with Gasteiger partial charge in [-0.1, -0.05) is 91.0 Å². The maximum atomic E-state index is 2.23. The molecule has 125 valence electrons. The third kappa shape index (κ3) is 5.82. The van der Waals surface area contributed by atoms with Crippen molar-refractivity contribution in [2.45, 2.75) is 0 Å². The van der Waals surface area contributed by atoms with Crippen molar-refractivity contribution in [1.82, 2.24) is 0 Å². The predicted molar refractivity (Wildman–Crippen MR) is 107 cm³/mol. The van der Waals surface area contributed by atoms with Crippen LogP contribution in [0.15, 0.2) is 121 Å². The molecule has 0 unspecified atom stereocenters. The Morgan fingerprint density at radius 3 is 1.00 bits per heavy atom. The average Bonchev–Trinajstić information content (AvgIpc) is 3.25. The molecule has 0 N–H and O–H groups in total. The molecule has 0 aliphatic carbocycles. The zero-order chi connectivity index (χ0) is 16.5. The van der Waals surface area contributed by atoms with Gasteiger partial charge in [0.2, 0.25) is 0 Å². The van der Waals surface area contributed by atoms with Gasteiger partial charge in [0.15, 0.2) is 0 Å². The number of hydrogen-bond donors (Lipinski definition) is 0. The second-order valence-corrected chi connectivity index (χ2v) is 7.52. The quantitative estimate of drug-likeness (QED) is 0.249. The van der Waals surface area contributed by atoms with Crippen LogP contribution in [0.4, 0.5) is 0 Å². The molecular weight excluding hydrogens is 408 g/mol. The van der Waals surface area contributed by atoms with E-state index in [-0.39, 0.29) is 19.5 Å². The zero-order valence-electron chi connectivity index (χ0n) is 13.8. The second kappa shape index (κ2) is 10.8. The van der Waals surface area contributed by atoms with Crippen molar-refractivity contribution in [3.8, 4) is 0 Å². The standard InChI is InChI=1S/C18H15P.C5H5.Ru/c1-4-10-16(11-5-1)19(17-12-6-2-7-13-17)18-14-8-3-9-15-18;1-2-4-5-3-1;/h1-15H;1-5H;/q;-1;+1. The van der Waals surface area contributed by atoms with Crippen LogP contribution in [0.5, 0.6) is 0 Å². The van der Waals surface area contributed by atoms with Gasteiger partial charge < -0.3 is 0 Å². The van der Waals surface area contributed by atoms with Gasteiger partial charge in [-0.15, -0.1) is 0 Å². The molecule has 2 heteroatoms. The normalized spacial score (nSPS) is 9.64. The molecule has 0 nitrogen and oxygen atoms in total. The molecule has 0 fully saturated rings. The monoisotopic (exact) mass is 429 g/mol. The van der Waals surface area contributed by atoms with Crippen LogP contribution >= 0.6 is 7.92 Å². The molecule has 0 spiro atoms. The molecule has 4 aromatic rings. The molecule has 0 atom stereocenters. The first-order valence-electron chi connectivity index (χ1n) is 8.07. The summed E-state index contributed by atoms with van der Waals surface area (Å²) in [5.41, 5.74) is 0. The van der Waals surface area contributed by atoms with Crippen molar-refractivity contribution in [2.75, 3.05) is 0 Å². The van der Waals surface area contributed by atoms with E-state index in [9.17, 15) is 0 Å². The first-order chi connectivity index (χ1) is 11.9. The third-order valence-electron chi connectivity index (χ3n) is 3.60. The second-order valence-electron chi connectivity index (χ2n) is 5.30. The van der Waals surface area contributed by atoms with E-state index in [2.05, 4.69) is 91.0 Å². The van der Waals surface area contributed by atoms with E-state index in [1.54, 1.807) is 0 Å². The molecule has 0 aromatic heterocycles. The van der Waals surface area contributed by atoms with Crippen molar-refractivity contribution in [2.24, 2.45) is 0 Å². The van der Waals surface area contributed by atoms with Crippen molar-refractivity contribution < 1.29 is 19.5 Å². The molecular formula is C23H20PRu. The summed E-state index contributed by atoms with van der Waals surface area (Å²) in [6, 6.07) is 42.3. The van der Waals surface area contributed by atoms with Gasteiger partial charge in [-0.2, -0.15) is 18.2 Å². The van der Waals surface area contributed by atoms with Gasteiger partial charge in [-0.25, -0.2) is 12.1 Å². The largest absolute Gasteiger partial charge is 1.00 e. The Balaban J connectivity index is 0.000000325. The van der Waals surface area contributed by atoms with Gasteiger partial charge in [0.1, 0.15) is 0 Å². The molecule has 4 aromatic carbocycles. The maximum absolute atomic E-state index is 2.23. The van der Waals surface area contributed by atoms with Crippen LogP contribution in [-0.4, -0.2) is 0 Å². The number of hydrogen-bond acceptors (Lipinski definition) is 0. The average molecular weight is 428 g/mol. The Kier molecular flexibility index (Phi) is 8.40. The summed E-state index contributed by atoms with van der Waals surface area (Å²) in [5, 5.41) is 4.19. The minimum absolute atomic E-state index is 0. The molecule has 0 bridgehead atoms. The van der Waals surface area contributed by atoms with E-state index in [0.29, 0.717) is 0 Å². The van der Waals surface area contributed by atoms with Crippen molar-refractivity contribution in [3.05, 3.63) is 121 Å². The number of rotatable bonds is 3. The summed E-state index contributed by atoms with van der Waals surface area (Å²) in [7, 11) is -0.446. The Labute approximate surface area is 164 Å². The van der Waals surface area contributed by atoms with Gasteiger partial charge in [0.05, 0.1) is 0 Å². The fourth-order valence-electron chi connectivity index (χ4n) is 2.50. The first-order valence-corrected chi connectivity index (χ1v) is 9.41. The summed E-state index contributed by atoms with van der Waals surface area (Å²) < 4.78 is 0. The van der Waals surface area contributed by atoms with E-state index >= 15 is 0 Å². The van der Waals surface area contributed by atoms with Crippen LogP contribution in [-0.2, 0) is 19.5 Å². The fourth-order valence-corrected chi connectivity index (χ4v) is 4.80.